The van der Waals surface area contributed by atoms with E-state index in [9.17, 15) is 39.9 Å². The Morgan fingerprint density at radius 2 is 1.84 bits per heavy atom. The van der Waals surface area contributed by atoms with Crippen LogP contribution in [0.25, 0.3) is 17.0 Å². The van der Waals surface area contributed by atoms with Crippen LogP contribution in [-0.2, 0) is 14.4 Å². The number of nitrogens with zero attached hydrogens (tertiary/aromatic N) is 1. The number of phenols is 1. The highest BCUT2D eigenvalue weighted by Gasteiger charge is 2.64. The van der Waals surface area contributed by atoms with Crippen LogP contribution in [0.15, 0.2) is 58.7 Å². The molecule has 8 N–H and O–H groups in total. The Morgan fingerprint density at radius 3 is 2.49 bits per heavy atom. The number of aliphatic hydroxyl groups excluding tert-OH is 3. The van der Waals surface area contributed by atoms with Crippen LogP contribution in [-0.4, -0.2) is 66.8 Å². The number of aromatic nitrogens is 1. The molecule has 0 aliphatic heterocycles. The lowest BCUT2D eigenvalue weighted by Gasteiger charge is -2.50. The van der Waals surface area contributed by atoms with Gasteiger partial charge < -0.3 is 41.3 Å². The van der Waals surface area contributed by atoms with Crippen LogP contribution >= 0.6 is 11.3 Å². The van der Waals surface area contributed by atoms with Crippen LogP contribution in [0.1, 0.15) is 30.4 Å². The summed E-state index contributed by atoms with van der Waals surface area (Å²) in [5.74, 6) is -8.42. The van der Waals surface area contributed by atoms with Gasteiger partial charge >= 0.3 is 0 Å². The SMILES string of the molecule is COc1ccc(-c2csc(Nc3ccc4c(c3O)C(O)=C3C(=O)[C@]5(O)C(O)=C(C(N)=O)C(=O)C[C@@H]5[C@@H](O)[C@@H]3[C@H]4C)n2)cc1. The van der Waals surface area contributed by atoms with Crippen LogP contribution in [0, 0.1) is 11.8 Å². The predicted octanol–water partition coefficient (Wildman–Crippen LogP) is 2.83. The zero-order valence-electron chi connectivity index (χ0n) is 22.9. The number of fused-ring (bicyclic) bond motifs is 3. The first-order chi connectivity index (χ1) is 20.4. The number of ketones is 2. The highest BCUT2D eigenvalue weighted by atomic mass is 32.1. The topological polar surface area (TPSA) is 213 Å². The van der Waals surface area contributed by atoms with Crippen molar-refractivity contribution in [2.24, 2.45) is 17.6 Å². The summed E-state index contributed by atoms with van der Waals surface area (Å²) in [5, 5.41) is 61.6. The van der Waals surface area contributed by atoms with Gasteiger partial charge in [-0.15, -0.1) is 11.3 Å². The Balaban J connectivity index is 1.41. The van der Waals surface area contributed by atoms with E-state index < -0.39 is 81.8 Å². The maximum Gasteiger partial charge on any atom is 0.255 e. The summed E-state index contributed by atoms with van der Waals surface area (Å²) in [7, 11) is 1.57. The van der Waals surface area contributed by atoms with Crippen molar-refractivity contribution >= 4 is 45.4 Å². The van der Waals surface area contributed by atoms with E-state index in [0.29, 0.717) is 22.1 Å². The average molecular weight is 606 g/mol. The molecule has 2 aromatic carbocycles. The van der Waals surface area contributed by atoms with Crippen molar-refractivity contribution in [1.82, 2.24) is 4.98 Å². The lowest BCUT2D eigenvalue weighted by atomic mass is 9.55. The number of hydrogen-bond donors (Lipinski definition) is 7. The fourth-order valence-corrected chi connectivity index (χ4v) is 7.17. The minimum atomic E-state index is -2.89. The van der Waals surface area contributed by atoms with Gasteiger partial charge in [-0.3, -0.25) is 14.4 Å². The largest absolute Gasteiger partial charge is 0.508 e. The van der Waals surface area contributed by atoms with Gasteiger partial charge in [0, 0.05) is 34.8 Å². The Hall–Kier alpha value is -4.72. The number of amides is 1. The Bertz CT molecular complexity index is 1780. The van der Waals surface area contributed by atoms with Gasteiger partial charge in [-0.1, -0.05) is 13.0 Å². The molecule has 3 aromatic rings. The van der Waals surface area contributed by atoms with Gasteiger partial charge in [-0.2, -0.15) is 0 Å². The minimum Gasteiger partial charge on any atom is -0.508 e. The first kappa shape index (κ1) is 28.4. The van der Waals surface area contributed by atoms with Crippen molar-refractivity contribution in [2.45, 2.75) is 31.0 Å². The first-order valence-corrected chi connectivity index (χ1v) is 14.2. The Morgan fingerprint density at radius 1 is 1.14 bits per heavy atom. The minimum absolute atomic E-state index is 0.108. The second-order valence-corrected chi connectivity index (χ2v) is 11.7. The van der Waals surface area contributed by atoms with E-state index in [1.54, 1.807) is 38.3 Å². The number of hydrogen-bond acceptors (Lipinski definition) is 12. The molecule has 222 valence electrons. The number of thiazole rings is 1. The third kappa shape index (κ3) is 4.03. The molecule has 5 atom stereocenters. The summed E-state index contributed by atoms with van der Waals surface area (Å²) in [6, 6.07) is 10.5. The first-order valence-electron chi connectivity index (χ1n) is 13.3. The third-order valence-electron chi connectivity index (χ3n) is 8.63. The van der Waals surface area contributed by atoms with Gasteiger partial charge in [0.05, 0.1) is 30.2 Å². The summed E-state index contributed by atoms with van der Waals surface area (Å²) in [5.41, 5.74) is 2.93. The van der Waals surface area contributed by atoms with Crippen LogP contribution in [0.3, 0.4) is 0 Å². The monoisotopic (exact) mass is 605 g/mol. The van der Waals surface area contributed by atoms with Crippen LogP contribution in [0.5, 0.6) is 11.5 Å². The van der Waals surface area contributed by atoms with Crippen molar-refractivity contribution in [3.63, 3.8) is 0 Å². The molecule has 1 amide bonds. The van der Waals surface area contributed by atoms with E-state index in [1.807, 2.05) is 17.5 Å². The molecular weight excluding hydrogens is 578 g/mol. The number of carbonyl (C=O) groups is 3. The van der Waals surface area contributed by atoms with Gasteiger partial charge in [-0.25, -0.2) is 4.98 Å². The van der Waals surface area contributed by atoms with Crippen molar-refractivity contribution < 1.29 is 44.7 Å². The molecule has 0 bridgehead atoms. The molecule has 1 fully saturated rings. The van der Waals surface area contributed by atoms with E-state index in [1.165, 1.54) is 11.3 Å². The van der Waals surface area contributed by atoms with Gasteiger partial charge in [-0.05, 0) is 41.8 Å². The number of Topliss-reactive ketones (excluding diaryl/α,β-unsaturated/α-hetero) is 2. The molecule has 1 saturated carbocycles. The molecule has 1 heterocycles. The molecule has 3 aliphatic carbocycles. The van der Waals surface area contributed by atoms with E-state index in [2.05, 4.69) is 10.3 Å². The number of carbonyl (C=O) groups excluding carboxylic acids is 3. The number of anilines is 2. The Labute approximate surface area is 248 Å². The van der Waals surface area contributed by atoms with Crippen molar-refractivity contribution in [2.75, 3.05) is 12.4 Å². The molecule has 6 rings (SSSR count). The third-order valence-corrected chi connectivity index (χ3v) is 9.39. The molecule has 0 unspecified atom stereocenters. The average Bonchev–Trinajstić information content (AvgIpc) is 3.44. The summed E-state index contributed by atoms with van der Waals surface area (Å²) < 4.78 is 5.19. The number of methoxy groups -OCH3 is 1. The number of aromatic hydroxyl groups is 1. The lowest BCUT2D eigenvalue weighted by molar-refractivity contribution is -0.160. The van der Waals surface area contributed by atoms with E-state index in [-0.39, 0.29) is 11.3 Å². The highest BCUT2D eigenvalue weighted by molar-refractivity contribution is 7.14. The van der Waals surface area contributed by atoms with Crippen molar-refractivity contribution in [3.05, 3.63) is 69.8 Å². The molecule has 0 spiro atoms. The van der Waals surface area contributed by atoms with E-state index in [0.717, 1.165) is 5.56 Å². The van der Waals surface area contributed by atoms with Gasteiger partial charge in [0.1, 0.15) is 28.6 Å². The van der Waals surface area contributed by atoms with Crippen LogP contribution in [0.4, 0.5) is 10.8 Å². The van der Waals surface area contributed by atoms with Crippen molar-refractivity contribution in [3.8, 4) is 22.8 Å². The number of phenolic OH excluding ortho intramolecular Hbond substituents is 1. The number of benzene rings is 2. The number of aliphatic hydroxyl groups is 4. The van der Waals surface area contributed by atoms with Crippen LogP contribution in [0.2, 0.25) is 0 Å². The summed E-state index contributed by atoms with van der Waals surface area (Å²) >= 11 is 1.27. The zero-order valence-corrected chi connectivity index (χ0v) is 23.7. The van der Waals surface area contributed by atoms with Gasteiger partial charge in [0.2, 0.25) is 5.78 Å². The number of primary amides is 1. The summed E-state index contributed by atoms with van der Waals surface area (Å²) in [4.78, 5) is 42.8. The smallest absolute Gasteiger partial charge is 0.255 e. The molecule has 3 aliphatic rings. The van der Waals surface area contributed by atoms with Crippen molar-refractivity contribution in [1.29, 1.82) is 0 Å². The van der Waals surface area contributed by atoms with Crippen LogP contribution < -0.4 is 15.8 Å². The second-order valence-electron chi connectivity index (χ2n) is 10.8. The number of nitrogens with two attached hydrogens (primary N) is 1. The highest BCUT2D eigenvalue weighted by Crippen LogP contribution is 2.56. The predicted molar refractivity (Wildman–Crippen MR) is 155 cm³/mol. The number of ether oxygens (including phenoxy) is 1. The number of nitrogens with one attached hydrogen (secondary N) is 1. The number of rotatable bonds is 5. The molecule has 43 heavy (non-hydrogen) atoms. The molecule has 1 aromatic heterocycles. The van der Waals surface area contributed by atoms with E-state index in [4.69, 9.17) is 10.5 Å². The lowest BCUT2D eigenvalue weighted by Crippen LogP contribution is -2.63. The van der Waals surface area contributed by atoms with Gasteiger partial charge in [0.15, 0.2) is 16.5 Å². The summed E-state index contributed by atoms with van der Waals surface area (Å²) in [6.07, 6.45) is -2.22. The fraction of sp³-hybridized carbons (Fsp3) is 0.267. The van der Waals surface area contributed by atoms with Gasteiger partial charge in [0.25, 0.3) is 5.91 Å². The second kappa shape index (κ2) is 9.93. The molecular formula is C30H27N3O9S. The van der Waals surface area contributed by atoms with E-state index >= 15 is 0 Å². The Kier molecular flexibility index (Phi) is 6.56. The summed E-state index contributed by atoms with van der Waals surface area (Å²) in [6.45, 7) is 1.67. The molecule has 13 heteroatoms. The molecule has 0 radical (unpaired) electrons. The standard InChI is InChI=1S/C30H27N3O9S/c1-11-14-7-8-16(32-29-33-17(10-43-29)12-3-5-13(42-2)6-4-12)24(36)20(14)25(37)22-19(11)23(35)15-9-18(34)21(28(31)40)26(38)30(15,41)27(22)39/h3-8,10-11,15,19,23,35-38,41H,9H2,1-2H3,(H2,31,40)(H,32,33)/t11-,15+,19+,23+,30+/m0/s1. The maximum absolute atomic E-state index is 13.8. The molecule has 0 saturated heterocycles. The molecule has 12 nitrogen and oxygen atoms in total. The maximum atomic E-state index is 13.8. The normalized spacial score (nSPS) is 26.5. The quantitative estimate of drug-likeness (QED) is 0.166. The fourth-order valence-electron chi connectivity index (χ4n) is 6.44. The zero-order chi connectivity index (χ0) is 31.0.